The lowest BCUT2D eigenvalue weighted by molar-refractivity contribution is -0.121. The third kappa shape index (κ3) is 12.2. The van der Waals surface area contributed by atoms with Gasteiger partial charge in [0.2, 0.25) is 5.91 Å². The van der Waals surface area contributed by atoms with E-state index in [0.717, 1.165) is 64.8 Å². The quantitative estimate of drug-likeness (QED) is 0.506. The Hall–Kier alpha value is -0.610. The van der Waals surface area contributed by atoms with E-state index >= 15 is 0 Å². The van der Waals surface area contributed by atoms with E-state index in [1.807, 2.05) is 0 Å². The number of amides is 1. The summed E-state index contributed by atoms with van der Waals surface area (Å²) in [5.41, 5.74) is 5.55. The first-order valence-electron chi connectivity index (χ1n) is 7.79. The van der Waals surface area contributed by atoms with Crippen LogP contribution in [0.15, 0.2) is 0 Å². The van der Waals surface area contributed by atoms with Crippen LogP contribution in [0.1, 0.15) is 58.8 Å². The molecule has 4 nitrogen and oxygen atoms in total. The van der Waals surface area contributed by atoms with Crippen molar-refractivity contribution in [1.82, 2.24) is 5.32 Å². The number of carbonyl (C=O) groups is 1. The zero-order valence-electron chi connectivity index (χ0n) is 12.7. The molecule has 0 heterocycles. The molecule has 0 saturated carbocycles. The summed E-state index contributed by atoms with van der Waals surface area (Å²) in [5.74, 6) is 0.747. The van der Waals surface area contributed by atoms with Crippen molar-refractivity contribution in [2.45, 2.75) is 58.8 Å². The van der Waals surface area contributed by atoms with Gasteiger partial charge in [0.15, 0.2) is 0 Å². The number of nitrogens with one attached hydrogen (secondary N) is 1. The summed E-state index contributed by atoms with van der Waals surface area (Å²) in [5, 5.41) is 2.94. The smallest absolute Gasteiger partial charge is 0.220 e. The Bertz CT molecular complexity index is 210. The number of hydrogen-bond acceptors (Lipinski definition) is 3. The second-order valence-corrected chi connectivity index (χ2v) is 5.06. The first kappa shape index (κ1) is 18.4. The molecule has 1 unspecified atom stereocenters. The molecule has 0 bridgehead atoms. The Morgan fingerprint density at radius 2 is 1.95 bits per heavy atom. The van der Waals surface area contributed by atoms with Gasteiger partial charge in [0, 0.05) is 26.2 Å². The van der Waals surface area contributed by atoms with Crippen LogP contribution in [0.25, 0.3) is 0 Å². The Labute approximate surface area is 118 Å². The number of carbonyl (C=O) groups excluding carboxylic acids is 1. The van der Waals surface area contributed by atoms with Crippen LogP contribution in [0.4, 0.5) is 0 Å². The van der Waals surface area contributed by atoms with Gasteiger partial charge in [-0.05, 0) is 38.1 Å². The van der Waals surface area contributed by atoms with Crippen molar-refractivity contribution < 1.29 is 9.53 Å². The van der Waals surface area contributed by atoms with Gasteiger partial charge in [-0.25, -0.2) is 0 Å². The predicted octanol–water partition coefficient (Wildman–Crippen LogP) is 2.46. The van der Waals surface area contributed by atoms with E-state index in [-0.39, 0.29) is 5.91 Å². The van der Waals surface area contributed by atoms with E-state index in [4.69, 9.17) is 10.5 Å². The first-order valence-corrected chi connectivity index (χ1v) is 7.79. The molecule has 0 aromatic heterocycles. The van der Waals surface area contributed by atoms with Crippen molar-refractivity contribution in [2.24, 2.45) is 11.7 Å². The minimum absolute atomic E-state index is 0.157. The standard InChI is InChI=1S/C15H32N2O2/c1-3-5-12-19-13-6-11-17-15(18)8-7-14(4-2)9-10-16/h14H,3-13,16H2,1-2H3,(H,17,18). The Morgan fingerprint density at radius 3 is 2.58 bits per heavy atom. The lowest BCUT2D eigenvalue weighted by atomic mass is 9.96. The van der Waals surface area contributed by atoms with Crippen molar-refractivity contribution in [1.29, 1.82) is 0 Å². The van der Waals surface area contributed by atoms with Gasteiger partial charge in [0.25, 0.3) is 0 Å². The van der Waals surface area contributed by atoms with E-state index in [9.17, 15) is 4.79 Å². The van der Waals surface area contributed by atoms with Crippen molar-refractivity contribution >= 4 is 5.91 Å². The second kappa shape index (κ2) is 13.8. The maximum absolute atomic E-state index is 11.6. The van der Waals surface area contributed by atoms with Crippen molar-refractivity contribution in [3.05, 3.63) is 0 Å². The fraction of sp³-hybridized carbons (Fsp3) is 0.933. The lowest BCUT2D eigenvalue weighted by Crippen LogP contribution is -2.25. The van der Waals surface area contributed by atoms with Crippen LogP contribution in [-0.2, 0) is 9.53 Å². The normalized spacial score (nSPS) is 12.4. The summed E-state index contributed by atoms with van der Waals surface area (Å²) in [6, 6.07) is 0. The number of nitrogens with two attached hydrogens (primary N) is 1. The van der Waals surface area contributed by atoms with Crippen LogP contribution in [0.5, 0.6) is 0 Å². The Morgan fingerprint density at radius 1 is 1.21 bits per heavy atom. The van der Waals surface area contributed by atoms with E-state index < -0.39 is 0 Å². The van der Waals surface area contributed by atoms with Gasteiger partial charge in [-0.3, -0.25) is 4.79 Å². The molecule has 3 N–H and O–H groups in total. The third-order valence-corrected chi connectivity index (χ3v) is 3.36. The molecule has 0 radical (unpaired) electrons. The molecule has 0 aliphatic rings. The van der Waals surface area contributed by atoms with Crippen molar-refractivity contribution in [2.75, 3.05) is 26.3 Å². The average molecular weight is 272 g/mol. The van der Waals surface area contributed by atoms with Gasteiger partial charge in [0.05, 0.1) is 0 Å². The van der Waals surface area contributed by atoms with Crippen molar-refractivity contribution in [3.63, 3.8) is 0 Å². The van der Waals surface area contributed by atoms with Gasteiger partial charge in [0.1, 0.15) is 0 Å². The minimum Gasteiger partial charge on any atom is -0.381 e. The minimum atomic E-state index is 0.157. The third-order valence-electron chi connectivity index (χ3n) is 3.36. The zero-order valence-corrected chi connectivity index (χ0v) is 12.7. The summed E-state index contributed by atoms with van der Waals surface area (Å²) in [4.78, 5) is 11.6. The molecule has 0 aromatic carbocycles. The lowest BCUT2D eigenvalue weighted by Gasteiger charge is -2.13. The highest BCUT2D eigenvalue weighted by Gasteiger charge is 2.08. The Kier molecular flexibility index (Phi) is 13.4. The van der Waals surface area contributed by atoms with Crippen LogP contribution in [0, 0.1) is 5.92 Å². The Balaban J connectivity index is 3.38. The summed E-state index contributed by atoms with van der Waals surface area (Å²) in [7, 11) is 0. The van der Waals surface area contributed by atoms with E-state index in [0.29, 0.717) is 12.3 Å². The molecule has 0 aliphatic heterocycles. The molecule has 0 fully saturated rings. The number of hydrogen-bond donors (Lipinski definition) is 2. The van der Waals surface area contributed by atoms with Crippen LogP contribution >= 0.6 is 0 Å². The fourth-order valence-corrected chi connectivity index (χ4v) is 1.96. The molecule has 1 atom stereocenters. The zero-order chi connectivity index (χ0) is 14.3. The fourth-order valence-electron chi connectivity index (χ4n) is 1.96. The number of rotatable bonds is 13. The maximum atomic E-state index is 11.6. The first-order chi connectivity index (χ1) is 9.24. The topological polar surface area (TPSA) is 64.3 Å². The maximum Gasteiger partial charge on any atom is 0.220 e. The summed E-state index contributed by atoms with van der Waals surface area (Å²) < 4.78 is 5.44. The highest BCUT2D eigenvalue weighted by atomic mass is 16.5. The van der Waals surface area contributed by atoms with Crippen LogP contribution in [0.3, 0.4) is 0 Å². The number of ether oxygens (including phenoxy) is 1. The molecule has 19 heavy (non-hydrogen) atoms. The van der Waals surface area contributed by atoms with E-state index in [1.165, 1.54) is 0 Å². The van der Waals surface area contributed by atoms with E-state index in [1.54, 1.807) is 0 Å². The molecular weight excluding hydrogens is 240 g/mol. The molecule has 0 aromatic rings. The molecule has 114 valence electrons. The molecular formula is C15H32N2O2. The monoisotopic (exact) mass is 272 g/mol. The summed E-state index contributed by atoms with van der Waals surface area (Å²) in [6.07, 6.45) is 6.88. The van der Waals surface area contributed by atoms with Crippen LogP contribution < -0.4 is 11.1 Å². The van der Waals surface area contributed by atoms with Gasteiger partial charge in [-0.1, -0.05) is 26.7 Å². The molecule has 4 heteroatoms. The van der Waals surface area contributed by atoms with Gasteiger partial charge in [-0.2, -0.15) is 0 Å². The van der Waals surface area contributed by atoms with Gasteiger partial charge >= 0.3 is 0 Å². The summed E-state index contributed by atoms with van der Waals surface area (Å²) in [6.45, 7) is 7.32. The molecule has 0 spiro atoms. The van der Waals surface area contributed by atoms with Gasteiger partial charge < -0.3 is 15.8 Å². The predicted molar refractivity (Wildman–Crippen MR) is 80.0 cm³/mol. The summed E-state index contributed by atoms with van der Waals surface area (Å²) >= 11 is 0. The average Bonchev–Trinajstić information content (AvgIpc) is 2.42. The largest absolute Gasteiger partial charge is 0.381 e. The molecule has 0 aliphatic carbocycles. The molecule has 1 amide bonds. The van der Waals surface area contributed by atoms with Gasteiger partial charge in [-0.15, -0.1) is 0 Å². The number of unbranched alkanes of at least 4 members (excludes halogenated alkanes) is 1. The van der Waals surface area contributed by atoms with Crippen LogP contribution in [0.2, 0.25) is 0 Å². The highest BCUT2D eigenvalue weighted by molar-refractivity contribution is 5.75. The molecule has 0 saturated heterocycles. The van der Waals surface area contributed by atoms with E-state index in [2.05, 4.69) is 19.2 Å². The SMILES string of the molecule is CCCCOCCCNC(=O)CCC(CC)CCN. The molecule has 0 rings (SSSR count). The van der Waals surface area contributed by atoms with Crippen molar-refractivity contribution in [3.8, 4) is 0 Å². The second-order valence-electron chi connectivity index (χ2n) is 5.06. The highest BCUT2D eigenvalue weighted by Crippen LogP contribution is 2.14. The van der Waals surface area contributed by atoms with Crippen LogP contribution in [-0.4, -0.2) is 32.2 Å².